The van der Waals surface area contributed by atoms with Crippen molar-refractivity contribution < 1.29 is 9.59 Å². The van der Waals surface area contributed by atoms with Crippen molar-refractivity contribution in [2.45, 2.75) is 18.8 Å². The lowest BCUT2D eigenvalue weighted by atomic mass is 9.92. The second-order valence-electron chi connectivity index (χ2n) is 4.30. The Morgan fingerprint density at radius 1 is 1.33 bits per heavy atom. The number of halogens is 1. The standard InChI is InChI=1S/C12H10BrN3O2/c13-9-6-16-5-7(1-3-10(16)14-9)8-2-4-11(17)15-12(8)18/h1,3,5-6,8H,2,4H2,(H,15,17,18). The van der Waals surface area contributed by atoms with Gasteiger partial charge in [-0.15, -0.1) is 0 Å². The fraction of sp³-hybridized carbons (Fsp3) is 0.250. The molecular weight excluding hydrogens is 298 g/mol. The highest BCUT2D eigenvalue weighted by Crippen LogP contribution is 2.25. The number of imidazole rings is 1. The van der Waals surface area contributed by atoms with E-state index in [2.05, 4.69) is 26.2 Å². The molecule has 5 nitrogen and oxygen atoms in total. The number of amides is 2. The molecule has 1 aliphatic heterocycles. The van der Waals surface area contributed by atoms with Crippen LogP contribution in [0.4, 0.5) is 0 Å². The van der Waals surface area contributed by atoms with E-state index < -0.39 is 0 Å². The number of nitrogens with one attached hydrogen (secondary N) is 1. The third-order valence-electron chi connectivity index (χ3n) is 3.09. The first-order valence-corrected chi connectivity index (χ1v) is 6.40. The first kappa shape index (κ1) is 11.4. The Morgan fingerprint density at radius 3 is 2.94 bits per heavy atom. The van der Waals surface area contributed by atoms with Gasteiger partial charge < -0.3 is 4.40 Å². The van der Waals surface area contributed by atoms with Gasteiger partial charge in [-0.05, 0) is 34.0 Å². The molecule has 18 heavy (non-hydrogen) atoms. The summed E-state index contributed by atoms with van der Waals surface area (Å²) in [5.74, 6) is -0.666. The topological polar surface area (TPSA) is 63.5 Å². The van der Waals surface area contributed by atoms with Crippen molar-refractivity contribution in [2.75, 3.05) is 0 Å². The molecule has 3 heterocycles. The van der Waals surface area contributed by atoms with E-state index in [1.807, 2.05) is 28.9 Å². The third-order valence-corrected chi connectivity index (χ3v) is 3.47. The molecule has 0 spiro atoms. The minimum absolute atomic E-state index is 0.192. The SMILES string of the molecule is O=C1CCC(c2ccc3nc(Br)cn3c2)C(=O)N1. The van der Waals surface area contributed by atoms with Crippen LogP contribution in [0.2, 0.25) is 0 Å². The number of aromatic nitrogens is 2. The Labute approximate surface area is 111 Å². The van der Waals surface area contributed by atoms with Crippen molar-refractivity contribution in [3.05, 3.63) is 34.7 Å². The van der Waals surface area contributed by atoms with Crippen LogP contribution in [0.25, 0.3) is 5.65 Å². The largest absolute Gasteiger partial charge is 0.306 e. The average molecular weight is 308 g/mol. The van der Waals surface area contributed by atoms with Crippen LogP contribution in [0, 0.1) is 0 Å². The molecule has 2 amide bonds. The number of nitrogens with zero attached hydrogens (tertiary/aromatic N) is 2. The van der Waals surface area contributed by atoms with E-state index in [9.17, 15) is 9.59 Å². The average Bonchev–Trinajstić information content (AvgIpc) is 2.68. The number of hydrogen-bond donors (Lipinski definition) is 1. The van der Waals surface area contributed by atoms with E-state index in [0.717, 1.165) is 15.8 Å². The lowest BCUT2D eigenvalue weighted by Crippen LogP contribution is -2.39. The summed E-state index contributed by atoms with van der Waals surface area (Å²) >= 11 is 3.31. The lowest BCUT2D eigenvalue weighted by Gasteiger charge is -2.20. The van der Waals surface area contributed by atoms with Gasteiger partial charge in [-0.1, -0.05) is 6.07 Å². The molecule has 3 rings (SSSR count). The van der Waals surface area contributed by atoms with Crippen LogP contribution in [0.3, 0.4) is 0 Å². The first-order valence-electron chi connectivity index (χ1n) is 5.61. The summed E-state index contributed by atoms with van der Waals surface area (Å²) < 4.78 is 2.62. The first-order chi connectivity index (χ1) is 8.63. The van der Waals surface area contributed by atoms with E-state index in [-0.39, 0.29) is 17.7 Å². The van der Waals surface area contributed by atoms with E-state index >= 15 is 0 Å². The molecule has 2 aromatic heterocycles. The smallest absolute Gasteiger partial charge is 0.234 e. The molecule has 0 aromatic carbocycles. The molecule has 1 aliphatic rings. The molecule has 2 aromatic rings. The Bertz CT molecular complexity index is 650. The number of imide groups is 1. The van der Waals surface area contributed by atoms with Gasteiger partial charge in [0.1, 0.15) is 10.3 Å². The number of pyridine rings is 1. The third kappa shape index (κ3) is 1.92. The molecular formula is C12H10BrN3O2. The van der Waals surface area contributed by atoms with E-state index in [1.54, 1.807) is 0 Å². The van der Waals surface area contributed by atoms with Crippen LogP contribution < -0.4 is 5.32 Å². The van der Waals surface area contributed by atoms with E-state index in [0.29, 0.717) is 12.8 Å². The van der Waals surface area contributed by atoms with E-state index in [1.165, 1.54) is 0 Å². The Hall–Kier alpha value is -1.69. The highest BCUT2D eigenvalue weighted by Gasteiger charge is 2.28. The van der Waals surface area contributed by atoms with Crippen LogP contribution in [0.1, 0.15) is 24.3 Å². The van der Waals surface area contributed by atoms with Gasteiger partial charge in [0, 0.05) is 18.8 Å². The molecule has 0 bridgehead atoms. The minimum atomic E-state index is -0.256. The predicted octanol–water partition coefficient (Wildman–Crippen LogP) is 1.62. The molecule has 1 saturated heterocycles. The fourth-order valence-electron chi connectivity index (χ4n) is 2.20. The van der Waals surface area contributed by atoms with Crippen molar-refractivity contribution in [3.8, 4) is 0 Å². The fourth-order valence-corrected chi connectivity index (χ4v) is 2.60. The monoisotopic (exact) mass is 307 g/mol. The van der Waals surface area contributed by atoms with E-state index in [4.69, 9.17) is 0 Å². The normalized spacial score (nSPS) is 20.2. The van der Waals surface area contributed by atoms with Crippen LogP contribution in [-0.4, -0.2) is 21.2 Å². The van der Waals surface area contributed by atoms with Gasteiger partial charge >= 0.3 is 0 Å². The summed E-state index contributed by atoms with van der Waals surface area (Å²) in [5.41, 5.74) is 1.72. The second kappa shape index (κ2) is 4.20. The highest BCUT2D eigenvalue weighted by molar-refractivity contribution is 9.10. The molecule has 1 fully saturated rings. The maximum Gasteiger partial charge on any atom is 0.234 e. The van der Waals surface area contributed by atoms with Crippen LogP contribution >= 0.6 is 15.9 Å². The highest BCUT2D eigenvalue weighted by atomic mass is 79.9. The Kier molecular flexibility index (Phi) is 2.66. The molecule has 6 heteroatoms. The number of fused-ring (bicyclic) bond motifs is 1. The number of carbonyl (C=O) groups is 2. The summed E-state index contributed by atoms with van der Waals surface area (Å²) in [7, 11) is 0. The van der Waals surface area contributed by atoms with Crippen LogP contribution in [0.15, 0.2) is 29.1 Å². The maximum atomic E-state index is 11.8. The van der Waals surface area contributed by atoms with Crippen molar-refractivity contribution >= 4 is 33.4 Å². The van der Waals surface area contributed by atoms with Crippen molar-refractivity contribution in [1.82, 2.24) is 14.7 Å². The molecule has 1 unspecified atom stereocenters. The molecule has 92 valence electrons. The summed E-state index contributed by atoms with van der Waals surface area (Å²) in [6.45, 7) is 0. The van der Waals surface area contributed by atoms with Crippen molar-refractivity contribution in [3.63, 3.8) is 0 Å². The number of rotatable bonds is 1. The van der Waals surface area contributed by atoms with Crippen LogP contribution in [-0.2, 0) is 9.59 Å². The zero-order valence-electron chi connectivity index (χ0n) is 9.39. The number of carbonyl (C=O) groups excluding carboxylic acids is 2. The summed E-state index contributed by atoms with van der Waals surface area (Å²) in [6.07, 6.45) is 4.67. The molecule has 0 radical (unpaired) electrons. The quantitative estimate of drug-likeness (QED) is 0.814. The molecule has 1 N–H and O–H groups in total. The van der Waals surface area contributed by atoms with Gasteiger partial charge in [0.25, 0.3) is 0 Å². The Balaban J connectivity index is 1.98. The summed E-state index contributed by atoms with van der Waals surface area (Å²) in [5, 5.41) is 2.37. The van der Waals surface area contributed by atoms with Gasteiger partial charge in [0.2, 0.25) is 11.8 Å². The number of hydrogen-bond acceptors (Lipinski definition) is 3. The van der Waals surface area contributed by atoms with Gasteiger partial charge in [0.15, 0.2) is 0 Å². The van der Waals surface area contributed by atoms with Gasteiger partial charge in [-0.25, -0.2) is 4.98 Å². The lowest BCUT2D eigenvalue weighted by molar-refractivity contribution is -0.134. The minimum Gasteiger partial charge on any atom is -0.306 e. The van der Waals surface area contributed by atoms with Gasteiger partial charge in [-0.3, -0.25) is 14.9 Å². The zero-order chi connectivity index (χ0) is 12.7. The summed E-state index contributed by atoms with van der Waals surface area (Å²) in [6, 6.07) is 3.75. The van der Waals surface area contributed by atoms with Gasteiger partial charge in [-0.2, -0.15) is 0 Å². The molecule has 1 atom stereocenters. The zero-order valence-corrected chi connectivity index (χ0v) is 11.0. The van der Waals surface area contributed by atoms with Crippen LogP contribution in [0.5, 0.6) is 0 Å². The summed E-state index contributed by atoms with van der Waals surface area (Å²) in [4.78, 5) is 27.1. The predicted molar refractivity (Wildman–Crippen MR) is 68.0 cm³/mol. The molecule has 0 saturated carbocycles. The second-order valence-corrected chi connectivity index (χ2v) is 5.11. The van der Waals surface area contributed by atoms with Crippen molar-refractivity contribution in [1.29, 1.82) is 0 Å². The Morgan fingerprint density at radius 2 is 2.17 bits per heavy atom. The number of piperidine rings is 1. The molecule has 0 aliphatic carbocycles. The maximum absolute atomic E-state index is 11.8. The van der Waals surface area contributed by atoms with Gasteiger partial charge in [0.05, 0.1) is 5.92 Å². The van der Waals surface area contributed by atoms with Crippen molar-refractivity contribution in [2.24, 2.45) is 0 Å².